The van der Waals surface area contributed by atoms with Crippen LogP contribution in [0.4, 0.5) is 0 Å². The highest BCUT2D eigenvalue weighted by molar-refractivity contribution is 7.91. The third-order valence-electron chi connectivity index (χ3n) is 5.72. The van der Waals surface area contributed by atoms with Gasteiger partial charge in [0.2, 0.25) is 0 Å². The fourth-order valence-electron chi connectivity index (χ4n) is 4.08. The standard InChI is InChI=1S/C22H26N2O6S2/c1-29-21(26)19-16-10-12-24(20(25)17-8-5-13-30-17)14-18(16)31-22(19)32(27,28)23-11-9-15-6-3-2-4-7-15/h2-4,6-7,17,23H,5,8-14H2,1H3. The summed E-state index contributed by atoms with van der Waals surface area (Å²) in [7, 11) is -2.69. The second kappa shape index (κ2) is 9.70. The molecule has 1 N–H and O–H groups in total. The molecule has 8 nitrogen and oxygen atoms in total. The van der Waals surface area contributed by atoms with Crippen LogP contribution in [0.15, 0.2) is 34.5 Å². The van der Waals surface area contributed by atoms with Crippen LogP contribution in [-0.4, -0.2) is 58.1 Å². The van der Waals surface area contributed by atoms with Gasteiger partial charge in [-0.3, -0.25) is 4.79 Å². The van der Waals surface area contributed by atoms with E-state index in [-0.39, 0.29) is 28.8 Å². The molecule has 0 bridgehead atoms. The summed E-state index contributed by atoms with van der Waals surface area (Å²) in [5, 5.41) is 0. The molecule has 0 radical (unpaired) electrons. The van der Waals surface area contributed by atoms with Gasteiger partial charge in [0, 0.05) is 24.6 Å². The Morgan fingerprint density at radius 2 is 2.06 bits per heavy atom. The van der Waals surface area contributed by atoms with Crippen molar-refractivity contribution in [3.63, 3.8) is 0 Å². The van der Waals surface area contributed by atoms with E-state index in [1.165, 1.54) is 7.11 Å². The van der Waals surface area contributed by atoms with Crippen LogP contribution in [0.2, 0.25) is 0 Å². The third kappa shape index (κ3) is 4.73. The van der Waals surface area contributed by atoms with Crippen LogP contribution in [0.3, 0.4) is 0 Å². The molecule has 1 amide bonds. The molecule has 10 heteroatoms. The second-order valence-corrected chi connectivity index (χ2v) is 10.9. The van der Waals surface area contributed by atoms with Crippen LogP contribution in [0.5, 0.6) is 0 Å². The first-order valence-corrected chi connectivity index (χ1v) is 12.9. The summed E-state index contributed by atoms with van der Waals surface area (Å²) >= 11 is 1.04. The minimum atomic E-state index is -3.92. The van der Waals surface area contributed by atoms with E-state index in [2.05, 4.69) is 4.72 Å². The molecule has 3 heterocycles. The van der Waals surface area contributed by atoms with E-state index in [4.69, 9.17) is 9.47 Å². The Morgan fingerprint density at radius 1 is 1.28 bits per heavy atom. The Hall–Kier alpha value is -2.27. The number of nitrogens with one attached hydrogen (secondary N) is 1. The van der Waals surface area contributed by atoms with E-state index in [1.807, 2.05) is 30.3 Å². The van der Waals surface area contributed by atoms with Gasteiger partial charge in [-0.05, 0) is 36.8 Å². The smallest absolute Gasteiger partial charge is 0.340 e. The van der Waals surface area contributed by atoms with Gasteiger partial charge in [0.15, 0.2) is 0 Å². The zero-order valence-electron chi connectivity index (χ0n) is 17.8. The van der Waals surface area contributed by atoms with E-state index in [1.54, 1.807) is 4.90 Å². The van der Waals surface area contributed by atoms with Crippen molar-refractivity contribution in [1.29, 1.82) is 0 Å². The van der Waals surface area contributed by atoms with Crippen molar-refractivity contribution in [3.8, 4) is 0 Å². The molecule has 172 valence electrons. The van der Waals surface area contributed by atoms with E-state index >= 15 is 0 Å². The fourth-order valence-corrected chi connectivity index (χ4v) is 7.06. The maximum atomic E-state index is 13.1. The van der Waals surface area contributed by atoms with Gasteiger partial charge in [-0.25, -0.2) is 17.9 Å². The first-order chi connectivity index (χ1) is 15.4. The monoisotopic (exact) mass is 478 g/mol. The van der Waals surface area contributed by atoms with Crippen LogP contribution in [0.1, 0.15) is 39.2 Å². The molecule has 4 rings (SSSR count). The maximum Gasteiger partial charge on any atom is 0.340 e. The predicted octanol–water partition coefficient (Wildman–Crippen LogP) is 2.12. The number of carbonyl (C=O) groups is 2. The lowest BCUT2D eigenvalue weighted by Gasteiger charge is -2.29. The molecule has 2 aromatic rings. The largest absolute Gasteiger partial charge is 0.465 e. The van der Waals surface area contributed by atoms with E-state index < -0.39 is 22.1 Å². The molecule has 0 aliphatic carbocycles. The van der Waals surface area contributed by atoms with Crippen LogP contribution in [0.25, 0.3) is 0 Å². The lowest BCUT2D eigenvalue weighted by molar-refractivity contribution is -0.141. The number of esters is 1. The Balaban J connectivity index is 1.55. The van der Waals surface area contributed by atoms with Gasteiger partial charge in [0.05, 0.1) is 19.2 Å². The highest BCUT2D eigenvalue weighted by atomic mass is 32.2. The zero-order chi connectivity index (χ0) is 22.7. The van der Waals surface area contributed by atoms with Gasteiger partial charge in [-0.1, -0.05) is 30.3 Å². The average molecular weight is 479 g/mol. The van der Waals surface area contributed by atoms with Crippen molar-refractivity contribution < 1.29 is 27.5 Å². The summed E-state index contributed by atoms with van der Waals surface area (Å²) in [5.74, 6) is -0.753. The molecule has 1 aromatic heterocycles. The normalized spacial score (nSPS) is 18.4. The number of hydrogen-bond donors (Lipinski definition) is 1. The zero-order valence-corrected chi connectivity index (χ0v) is 19.5. The summed E-state index contributed by atoms with van der Waals surface area (Å²) < 4.78 is 39.2. The molecular weight excluding hydrogens is 452 g/mol. The molecule has 1 atom stereocenters. The fraction of sp³-hybridized carbons (Fsp3) is 0.455. The summed E-state index contributed by atoms with van der Waals surface area (Å²) in [5.41, 5.74) is 1.75. The third-order valence-corrected chi connectivity index (χ3v) is 8.92. The van der Waals surface area contributed by atoms with Gasteiger partial charge in [0.25, 0.3) is 15.9 Å². The second-order valence-electron chi connectivity index (χ2n) is 7.80. The van der Waals surface area contributed by atoms with Crippen LogP contribution in [-0.2, 0) is 43.7 Å². The van der Waals surface area contributed by atoms with Crippen molar-refractivity contribution in [2.75, 3.05) is 26.8 Å². The van der Waals surface area contributed by atoms with Gasteiger partial charge in [-0.15, -0.1) is 11.3 Å². The summed E-state index contributed by atoms with van der Waals surface area (Å²) in [4.78, 5) is 27.7. The quantitative estimate of drug-likeness (QED) is 0.612. The molecule has 1 unspecified atom stereocenters. The minimum absolute atomic E-state index is 0.0474. The van der Waals surface area contributed by atoms with Crippen molar-refractivity contribution in [1.82, 2.24) is 9.62 Å². The number of hydrogen-bond acceptors (Lipinski definition) is 7. The van der Waals surface area contributed by atoms with E-state index in [9.17, 15) is 18.0 Å². The number of carbonyl (C=O) groups excluding carboxylic acids is 2. The van der Waals surface area contributed by atoms with Gasteiger partial charge in [0.1, 0.15) is 10.3 Å². The molecule has 0 saturated carbocycles. The Bertz CT molecular complexity index is 1090. The number of benzene rings is 1. The number of sulfonamides is 1. The molecule has 1 aromatic carbocycles. The van der Waals surface area contributed by atoms with Crippen molar-refractivity contribution in [3.05, 3.63) is 51.9 Å². The molecule has 2 aliphatic heterocycles. The van der Waals surface area contributed by atoms with E-state index in [0.29, 0.717) is 42.9 Å². The van der Waals surface area contributed by atoms with Gasteiger partial charge in [-0.2, -0.15) is 0 Å². The summed E-state index contributed by atoms with van der Waals surface area (Å²) in [6.45, 7) is 1.47. The SMILES string of the molecule is COC(=O)c1c(S(=O)(=O)NCCc2ccccc2)sc2c1CCN(C(=O)C1CCCO1)C2. The summed E-state index contributed by atoms with van der Waals surface area (Å²) in [6.07, 6.45) is 2.05. The Labute approximate surface area is 191 Å². The average Bonchev–Trinajstić information content (AvgIpc) is 3.47. The molecule has 32 heavy (non-hydrogen) atoms. The first kappa shape index (κ1) is 22.9. The number of methoxy groups -OCH3 is 1. The van der Waals surface area contributed by atoms with Crippen molar-refractivity contribution in [2.45, 2.75) is 42.5 Å². The molecule has 2 aliphatic rings. The number of nitrogens with zero attached hydrogens (tertiary/aromatic N) is 1. The number of thiophene rings is 1. The van der Waals surface area contributed by atoms with Crippen LogP contribution in [0, 0.1) is 0 Å². The van der Waals surface area contributed by atoms with Gasteiger partial charge >= 0.3 is 5.97 Å². The number of ether oxygens (including phenoxy) is 2. The Kier molecular flexibility index (Phi) is 6.94. The minimum Gasteiger partial charge on any atom is -0.465 e. The maximum absolute atomic E-state index is 13.1. The molecule has 0 spiro atoms. The van der Waals surface area contributed by atoms with E-state index in [0.717, 1.165) is 23.3 Å². The lowest BCUT2D eigenvalue weighted by atomic mass is 10.0. The van der Waals surface area contributed by atoms with Crippen LogP contribution >= 0.6 is 11.3 Å². The molecular formula is C22H26N2O6S2. The van der Waals surface area contributed by atoms with Crippen molar-refractivity contribution >= 4 is 33.2 Å². The number of rotatable bonds is 7. The van der Waals surface area contributed by atoms with Gasteiger partial charge < -0.3 is 14.4 Å². The number of amides is 1. The molecule has 1 fully saturated rings. The topological polar surface area (TPSA) is 102 Å². The number of fused-ring (bicyclic) bond motifs is 1. The van der Waals surface area contributed by atoms with Crippen molar-refractivity contribution in [2.24, 2.45) is 0 Å². The highest BCUT2D eigenvalue weighted by Gasteiger charge is 2.36. The van der Waals surface area contributed by atoms with Crippen LogP contribution < -0.4 is 4.72 Å². The Morgan fingerprint density at radius 3 is 2.75 bits per heavy atom. The molecule has 1 saturated heterocycles. The summed E-state index contributed by atoms with van der Waals surface area (Å²) in [6, 6.07) is 9.56. The predicted molar refractivity (Wildman–Crippen MR) is 119 cm³/mol. The first-order valence-electron chi connectivity index (χ1n) is 10.6. The highest BCUT2D eigenvalue weighted by Crippen LogP contribution is 2.37. The lowest BCUT2D eigenvalue weighted by Crippen LogP contribution is -2.41.